The first-order valence-corrected chi connectivity index (χ1v) is 11.8. The standard InChI is InChI=1S/C14H15ClN6O4S3/c1-8-12(13(15)21(3)18-8)28(24,25)19-10-4-6-11(7-5-10)27(22,23)20-14-17-16-9(2)26-14/h4-7,19H,1-3H3,(H,17,20). The Bertz CT molecular complexity index is 1230. The van der Waals surface area contributed by atoms with Crippen molar-refractivity contribution in [2.75, 3.05) is 9.44 Å². The van der Waals surface area contributed by atoms with E-state index in [1.54, 1.807) is 6.92 Å². The first kappa shape index (κ1) is 20.5. The molecule has 0 aliphatic rings. The fraction of sp³-hybridized carbons (Fsp3) is 0.214. The minimum absolute atomic E-state index is 0.0271. The number of anilines is 2. The predicted molar refractivity (Wildman–Crippen MR) is 106 cm³/mol. The number of halogens is 1. The minimum Gasteiger partial charge on any atom is -0.279 e. The Labute approximate surface area is 170 Å². The Balaban J connectivity index is 1.82. The molecule has 10 nitrogen and oxygen atoms in total. The maximum atomic E-state index is 12.6. The van der Waals surface area contributed by atoms with Gasteiger partial charge in [0.25, 0.3) is 20.0 Å². The molecule has 3 aromatic rings. The van der Waals surface area contributed by atoms with E-state index in [1.165, 1.54) is 42.9 Å². The number of nitrogens with zero attached hydrogens (tertiary/aromatic N) is 4. The Hall–Kier alpha value is -2.22. The smallest absolute Gasteiger partial charge is 0.266 e. The molecule has 2 heterocycles. The molecular weight excluding hydrogens is 448 g/mol. The number of hydrogen-bond donors (Lipinski definition) is 2. The lowest BCUT2D eigenvalue weighted by Crippen LogP contribution is -2.15. The van der Waals surface area contributed by atoms with Crippen LogP contribution in [0.25, 0.3) is 0 Å². The summed E-state index contributed by atoms with van der Waals surface area (Å²) in [5, 5.41) is 12.2. The van der Waals surface area contributed by atoms with E-state index in [9.17, 15) is 16.8 Å². The summed E-state index contributed by atoms with van der Waals surface area (Å²) in [6, 6.07) is 5.20. The maximum absolute atomic E-state index is 12.6. The molecule has 28 heavy (non-hydrogen) atoms. The second kappa shape index (κ2) is 7.31. The Morgan fingerprint density at radius 2 is 1.64 bits per heavy atom. The van der Waals surface area contributed by atoms with Crippen molar-refractivity contribution in [2.45, 2.75) is 23.6 Å². The number of hydrogen-bond acceptors (Lipinski definition) is 8. The molecule has 0 atom stereocenters. The van der Waals surface area contributed by atoms with E-state index < -0.39 is 20.0 Å². The third kappa shape index (κ3) is 4.11. The number of nitrogens with one attached hydrogen (secondary N) is 2. The van der Waals surface area contributed by atoms with Gasteiger partial charge in [-0.3, -0.25) is 14.1 Å². The second-order valence-corrected chi connectivity index (χ2v) is 10.5. The summed E-state index contributed by atoms with van der Waals surface area (Å²) in [6.07, 6.45) is 0. The summed E-state index contributed by atoms with van der Waals surface area (Å²) in [5.41, 5.74) is 0.417. The normalized spacial score (nSPS) is 12.1. The van der Waals surface area contributed by atoms with Gasteiger partial charge in [-0.2, -0.15) is 5.10 Å². The molecule has 1 aromatic carbocycles. The zero-order valence-electron chi connectivity index (χ0n) is 14.8. The van der Waals surface area contributed by atoms with Crippen LogP contribution in [0.5, 0.6) is 0 Å². The molecule has 0 aliphatic heterocycles. The SMILES string of the molecule is Cc1nnc(NS(=O)(=O)c2ccc(NS(=O)(=O)c3c(C)nn(C)c3Cl)cc2)s1. The molecule has 0 saturated carbocycles. The number of rotatable bonds is 6. The van der Waals surface area contributed by atoms with E-state index >= 15 is 0 Å². The van der Waals surface area contributed by atoms with Crippen molar-refractivity contribution in [3.05, 3.63) is 40.1 Å². The molecule has 0 bridgehead atoms. The van der Waals surface area contributed by atoms with E-state index in [1.807, 2.05) is 0 Å². The highest BCUT2D eigenvalue weighted by Crippen LogP contribution is 2.27. The molecule has 0 saturated heterocycles. The van der Waals surface area contributed by atoms with Crippen molar-refractivity contribution in [1.29, 1.82) is 0 Å². The molecule has 2 aromatic heterocycles. The first-order chi connectivity index (χ1) is 13.0. The van der Waals surface area contributed by atoms with Gasteiger partial charge >= 0.3 is 0 Å². The van der Waals surface area contributed by atoms with Crippen LogP contribution in [0.15, 0.2) is 34.1 Å². The molecule has 0 unspecified atom stereocenters. The van der Waals surface area contributed by atoms with Crippen LogP contribution in [-0.2, 0) is 27.1 Å². The summed E-state index contributed by atoms with van der Waals surface area (Å²) in [5.74, 6) is 0. The highest BCUT2D eigenvalue weighted by atomic mass is 35.5. The molecule has 0 radical (unpaired) electrons. The Kier molecular flexibility index (Phi) is 5.36. The number of aryl methyl sites for hydroxylation is 3. The van der Waals surface area contributed by atoms with Gasteiger partial charge in [0.2, 0.25) is 5.13 Å². The average Bonchev–Trinajstić information content (AvgIpc) is 3.09. The van der Waals surface area contributed by atoms with E-state index in [0.717, 1.165) is 11.3 Å². The van der Waals surface area contributed by atoms with Gasteiger partial charge in [-0.1, -0.05) is 22.9 Å². The van der Waals surface area contributed by atoms with E-state index in [0.29, 0.717) is 5.01 Å². The Morgan fingerprint density at radius 3 is 2.14 bits per heavy atom. The van der Waals surface area contributed by atoms with E-state index in [-0.39, 0.29) is 31.5 Å². The molecular formula is C14H15ClN6O4S3. The van der Waals surface area contributed by atoms with Gasteiger partial charge in [0.15, 0.2) is 0 Å². The van der Waals surface area contributed by atoms with Crippen LogP contribution in [0.2, 0.25) is 5.15 Å². The second-order valence-electron chi connectivity index (χ2n) is 5.69. The molecule has 0 fully saturated rings. The van der Waals surface area contributed by atoms with Gasteiger partial charge in [0.05, 0.1) is 10.6 Å². The molecule has 0 spiro atoms. The van der Waals surface area contributed by atoms with Gasteiger partial charge in [-0.15, -0.1) is 10.2 Å². The maximum Gasteiger partial charge on any atom is 0.266 e. The summed E-state index contributed by atoms with van der Waals surface area (Å²) >= 11 is 7.11. The number of sulfonamides is 2. The highest BCUT2D eigenvalue weighted by molar-refractivity contribution is 7.93. The third-order valence-electron chi connectivity index (χ3n) is 3.53. The van der Waals surface area contributed by atoms with Crippen LogP contribution >= 0.6 is 22.9 Å². The zero-order chi connectivity index (χ0) is 20.7. The number of aromatic nitrogens is 4. The van der Waals surface area contributed by atoms with E-state index in [2.05, 4.69) is 24.7 Å². The van der Waals surface area contributed by atoms with E-state index in [4.69, 9.17) is 11.6 Å². The van der Waals surface area contributed by atoms with Gasteiger partial charge in [0.1, 0.15) is 15.1 Å². The lowest BCUT2D eigenvalue weighted by atomic mass is 10.3. The largest absolute Gasteiger partial charge is 0.279 e. The van der Waals surface area contributed by atoms with Gasteiger partial charge in [-0.05, 0) is 38.1 Å². The quantitative estimate of drug-likeness (QED) is 0.572. The summed E-state index contributed by atoms with van der Waals surface area (Å²) in [6.45, 7) is 3.23. The summed E-state index contributed by atoms with van der Waals surface area (Å²) in [4.78, 5) is -0.194. The van der Waals surface area contributed by atoms with Crippen LogP contribution < -0.4 is 9.44 Å². The van der Waals surface area contributed by atoms with Crippen molar-refractivity contribution in [3.63, 3.8) is 0 Å². The van der Waals surface area contributed by atoms with Crippen LogP contribution in [-0.4, -0.2) is 36.8 Å². The lowest BCUT2D eigenvalue weighted by Gasteiger charge is -2.09. The summed E-state index contributed by atoms with van der Waals surface area (Å²) in [7, 11) is -6.34. The van der Waals surface area contributed by atoms with Crippen LogP contribution in [0.1, 0.15) is 10.7 Å². The van der Waals surface area contributed by atoms with Crippen LogP contribution in [0.3, 0.4) is 0 Å². The number of benzene rings is 1. The fourth-order valence-electron chi connectivity index (χ4n) is 2.34. The first-order valence-electron chi connectivity index (χ1n) is 7.64. The molecule has 14 heteroatoms. The average molecular weight is 463 g/mol. The van der Waals surface area contributed by atoms with Crippen molar-refractivity contribution in [1.82, 2.24) is 20.0 Å². The third-order valence-corrected chi connectivity index (χ3v) is 7.85. The van der Waals surface area contributed by atoms with Crippen LogP contribution in [0.4, 0.5) is 10.8 Å². The van der Waals surface area contributed by atoms with Crippen molar-refractivity contribution < 1.29 is 16.8 Å². The molecule has 2 N–H and O–H groups in total. The fourth-order valence-corrected chi connectivity index (χ4v) is 5.97. The molecule has 3 rings (SSSR count). The molecule has 0 aliphatic carbocycles. The zero-order valence-corrected chi connectivity index (χ0v) is 18.0. The van der Waals surface area contributed by atoms with Gasteiger partial charge < -0.3 is 0 Å². The van der Waals surface area contributed by atoms with Crippen molar-refractivity contribution in [3.8, 4) is 0 Å². The van der Waals surface area contributed by atoms with Gasteiger partial charge in [-0.25, -0.2) is 16.8 Å². The van der Waals surface area contributed by atoms with Crippen molar-refractivity contribution >= 4 is 53.8 Å². The Morgan fingerprint density at radius 1 is 1.00 bits per heavy atom. The highest BCUT2D eigenvalue weighted by Gasteiger charge is 2.25. The molecule has 0 amide bonds. The summed E-state index contributed by atoms with van der Waals surface area (Å²) < 4.78 is 55.9. The topological polar surface area (TPSA) is 136 Å². The van der Waals surface area contributed by atoms with Crippen molar-refractivity contribution in [2.24, 2.45) is 7.05 Å². The minimum atomic E-state index is -3.99. The predicted octanol–water partition coefficient (Wildman–Crippen LogP) is 2.14. The monoisotopic (exact) mass is 462 g/mol. The lowest BCUT2D eigenvalue weighted by molar-refractivity contribution is 0.599. The van der Waals surface area contributed by atoms with Crippen LogP contribution in [0, 0.1) is 13.8 Å². The van der Waals surface area contributed by atoms with Gasteiger partial charge in [0, 0.05) is 12.7 Å². The molecule has 150 valence electrons.